The maximum absolute atomic E-state index is 12.3. The van der Waals surface area contributed by atoms with Crippen LogP contribution in [0.1, 0.15) is 46.0 Å². The van der Waals surface area contributed by atoms with Gasteiger partial charge in [-0.1, -0.05) is 26.2 Å². The van der Waals surface area contributed by atoms with E-state index in [4.69, 9.17) is 4.74 Å². The van der Waals surface area contributed by atoms with E-state index in [1.54, 1.807) is 0 Å². The quantitative estimate of drug-likeness (QED) is 0.835. The third-order valence-corrected chi connectivity index (χ3v) is 4.29. The molecule has 0 bridgehead atoms. The summed E-state index contributed by atoms with van der Waals surface area (Å²) in [6.45, 7) is 6.16. The maximum Gasteiger partial charge on any atom is 0.238 e. The normalized spacial score (nSPS) is 15.8. The SMILES string of the molecule is CCOc1ccc(NC(=O)CN(CC)C2CCCCC2)cc1. The van der Waals surface area contributed by atoms with E-state index in [1.165, 1.54) is 32.1 Å². The van der Waals surface area contributed by atoms with Crippen LogP contribution in [-0.2, 0) is 4.79 Å². The highest BCUT2D eigenvalue weighted by molar-refractivity contribution is 5.92. The number of benzene rings is 1. The van der Waals surface area contributed by atoms with Gasteiger partial charge >= 0.3 is 0 Å². The lowest BCUT2D eigenvalue weighted by Gasteiger charge is -2.32. The molecule has 122 valence electrons. The van der Waals surface area contributed by atoms with Gasteiger partial charge in [0.15, 0.2) is 0 Å². The first-order valence-electron chi connectivity index (χ1n) is 8.49. The minimum absolute atomic E-state index is 0.0663. The molecule has 1 saturated carbocycles. The van der Waals surface area contributed by atoms with Gasteiger partial charge in [-0.25, -0.2) is 0 Å². The molecule has 0 spiro atoms. The van der Waals surface area contributed by atoms with Crippen molar-refractivity contribution in [2.75, 3.05) is 25.0 Å². The van der Waals surface area contributed by atoms with Crippen LogP contribution < -0.4 is 10.1 Å². The highest BCUT2D eigenvalue weighted by atomic mass is 16.5. The second kappa shape index (κ2) is 8.79. The molecule has 1 aromatic carbocycles. The van der Waals surface area contributed by atoms with Gasteiger partial charge in [0.05, 0.1) is 13.2 Å². The first-order chi connectivity index (χ1) is 10.7. The molecule has 1 aliphatic rings. The van der Waals surface area contributed by atoms with E-state index in [2.05, 4.69) is 17.1 Å². The van der Waals surface area contributed by atoms with Crippen LogP contribution in [0.4, 0.5) is 5.69 Å². The van der Waals surface area contributed by atoms with Gasteiger partial charge < -0.3 is 10.1 Å². The standard InChI is InChI=1S/C18H28N2O2/c1-3-20(16-8-6-5-7-9-16)14-18(21)19-15-10-12-17(13-11-15)22-4-2/h10-13,16H,3-9,14H2,1-2H3,(H,19,21). The van der Waals surface area contributed by atoms with E-state index in [0.717, 1.165) is 18.0 Å². The zero-order chi connectivity index (χ0) is 15.8. The van der Waals surface area contributed by atoms with E-state index in [-0.39, 0.29) is 5.91 Å². The number of carbonyl (C=O) groups is 1. The van der Waals surface area contributed by atoms with E-state index in [0.29, 0.717) is 19.2 Å². The van der Waals surface area contributed by atoms with Gasteiger partial charge in [0.2, 0.25) is 5.91 Å². The fraction of sp³-hybridized carbons (Fsp3) is 0.611. The second-order valence-corrected chi connectivity index (χ2v) is 5.86. The fourth-order valence-corrected chi connectivity index (χ4v) is 3.13. The van der Waals surface area contributed by atoms with E-state index >= 15 is 0 Å². The van der Waals surface area contributed by atoms with E-state index in [1.807, 2.05) is 31.2 Å². The zero-order valence-corrected chi connectivity index (χ0v) is 13.8. The summed E-state index contributed by atoms with van der Waals surface area (Å²) in [6.07, 6.45) is 6.38. The molecule has 1 fully saturated rings. The smallest absolute Gasteiger partial charge is 0.238 e. The Kier molecular flexibility index (Phi) is 6.72. The predicted octanol–water partition coefficient (Wildman–Crippen LogP) is 3.68. The number of hydrogen-bond donors (Lipinski definition) is 1. The summed E-state index contributed by atoms with van der Waals surface area (Å²) in [5, 5.41) is 2.98. The number of carbonyl (C=O) groups excluding carboxylic acids is 1. The van der Waals surface area contributed by atoms with Crippen molar-refractivity contribution < 1.29 is 9.53 Å². The van der Waals surface area contributed by atoms with Crippen LogP contribution >= 0.6 is 0 Å². The Bertz CT molecular complexity index is 453. The Labute approximate surface area is 133 Å². The Morgan fingerprint density at radius 2 is 1.86 bits per heavy atom. The van der Waals surface area contributed by atoms with Crippen LogP contribution in [0.2, 0.25) is 0 Å². The number of anilines is 1. The summed E-state index contributed by atoms with van der Waals surface area (Å²) in [5.41, 5.74) is 0.827. The highest BCUT2D eigenvalue weighted by Crippen LogP contribution is 2.22. The van der Waals surface area contributed by atoms with Crippen LogP contribution in [0.3, 0.4) is 0 Å². The molecule has 4 nitrogen and oxygen atoms in total. The van der Waals surface area contributed by atoms with Gasteiger partial charge in [0.1, 0.15) is 5.75 Å². The molecule has 4 heteroatoms. The lowest BCUT2D eigenvalue weighted by Crippen LogP contribution is -2.41. The average molecular weight is 304 g/mol. The van der Waals surface area contributed by atoms with Crippen LogP contribution in [-0.4, -0.2) is 36.5 Å². The molecule has 0 saturated heterocycles. The molecule has 0 radical (unpaired) electrons. The summed E-state index contributed by atoms with van der Waals surface area (Å²) in [7, 11) is 0. The molecule has 1 aliphatic carbocycles. The van der Waals surface area contributed by atoms with Gasteiger partial charge in [0, 0.05) is 11.7 Å². The zero-order valence-electron chi connectivity index (χ0n) is 13.8. The van der Waals surface area contributed by atoms with Crippen molar-refractivity contribution >= 4 is 11.6 Å². The third kappa shape index (κ3) is 5.02. The van der Waals surface area contributed by atoms with Gasteiger partial charge in [0.25, 0.3) is 0 Å². The maximum atomic E-state index is 12.3. The number of ether oxygens (including phenoxy) is 1. The van der Waals surface area contributed by atoms with E-state index < -0.39 is 0 Å². The van der Waals surface area contributed by atoms with Gasteiger partial charge in [-0.2, -0.15) is 0 Å². The molecule has 0 unspecified atom stereocenters. The fourth-order valence-electron chi connectivity index (χ4n) is 3.13. The van der Waals surface area contributed by atoms with Gasteiger partial charge in [-0.05, 0) is 50.6 Å². The average Bonchev–Trinajstić information content (AvgIpc) is 2.55. The Hall–Kier alpha value is -1.55. The van der Waals surface area contributed by atoms with Crippen molar-refractivity contribution in [1.29, 1.82) is 0 Å². The summed E-state index contributed by atoms with van der Waals surface area (Å²) < 4.78 is 5.41. The van der Waals surface area contributed by atoms with Gasteiger partial charge in [-0.15, -0.1) is 0 Å². The first kappa shape index (κ1) is 16.8. The van der Waals surface area contributed by atoms with Crippen molar-refractivity contribution in [2.45, 2.75) is 52.0 Å². The van der Waals surface area contributed by atoms with Gasteiger partial charge in [-0.3, -0.25) is 9.69 Å². The number of likely N-dealkylation sites (N-methyl/N-ethyl adjacent to an activating group) is 1. The summed E-state index contributed by atoms with van der Waals surface area (Å²) in [4.78, 5) is 14.6. The van der Waals surface area contributed by atoms with Crippen LogP contribution in [0.15, 0.2) is 24.3 Å². The lowest BCUT2D eigenvalue weighted by molar-refractivity contribution is -0.118. The molecule has 2 rings (SSSR count). The molecular weight excluding hydrogens is 276 g/mol. The molecule has 0 atom stereocenters. The highest BCUT2D eigenvalue weighted by Gasteiger charge is 2.21. The van der Waals surface area contributed by atoms with Crippen molar-refractivity contribution in [1.82, 2.24) is 4.90 Å². The van der Waals surface area contributed by atoms with Crippen molar-refractivity contribution in [2.24, 2.45) is 0 Å². The molecule has 22 heavy (non-hydrogen) atoms. The molecule has 1 aromatic rings. The summed E-state index contributed by atoms with van der Waals surface area (Å²) in [6, 6.07) is 8.12. The molecule has 0 heterocycles. The molecule has 0 aliphatic heterocycles. The topological polar surface area (TPSA) is 41.6 Å². The van der Waals surface area contributed by atoms with Crippen LogP contribution in [0.25, 0.3) is 0 Å². The Balaban J connectivity index is 1.85. The lowest BCUT2D eigenvalue weighted by atomic mass is 9.94. The van der Waals surface area contributed by atoms with Crippen molar-refractivity contribution in [3.8, 4) is 5.75 Å². The minimum atomic E-state index is 0.0663. The number of nitrogens with one attached hydrogen (secondary N) is 1. The molecule has 1 amide bonds. The Morgan fingerprint density at radius 1 is 1.18 bits per heavy atom. The molecule has 1 N–H and O–H groups in total. The van der Waals surface area contributed by atoms with Crippen LogP contribution in [0, 0.1) is 0 Å². The van der Waals surface area contributed by atoms with Crippen molar-refractivity contribution in [3.63, 3.8) is 0 Å². The number of rotatable bonds is 7. The number of nitrogens with zero attached hydrogens (tertiary/aromatic N) is 1. The number of amides is 1. The third-order valence-electron chi connectivity index (χ3n) is 4.29. The largest absolute Gasteiger partial charge is 0.494 e. The number of hydrogen-bond acceptors (Lipinski definition) is 3. The molecule has 0 aromatic heterocycles. The van der Waals surface area contributed by atoms with E-state index in [9.17, 15) is 4.79 Å². The second-order valence-electron chi connectivity index (χ2n) is 5.86. The van der Waals surface area contributed by atoms with Crippen molar-refractivity contribution in [3.05, 3.63) is 24.3 Å². The first-order valence-corrected chi connectivity index (χ1v) is 8.49. The molecular formula is C18H28N2O2. The summed E-state index contributed by atoms with van der Waals surface area (Å²) >= 11 is 0. The minimum Gasteiger partial charge on any atom is -0.494 e. The Morgan fingerprint density at radius 3 is 2.45 bits per heavy atom. The summed E-state index contributed by atoms with van der Waals surface area (Å²) in [5.74, 6) is 0.898. The predicted molar refractivity (Wildman–Crippen MR) is 90.4 cm³/mol. The monoisotopic (exact) mass is 304 g/mol. The van der Waals surface area contributed by atoms with Crippen LogP contribution in [0.5, 0.6) is 5.75 Å².